The van der Waals surface area contributed by atoms with Gasteiger partial charge in [0.2, 0.25) is 0 Å². The Morgan fingerprint density at radius 3 is 2.42 bits per heavy atom. The highest BCUT2D eigenvalue weighted by Gasteiger charge is 2.04. The van der Waals surface area contributed by atoms with Gasteiger partial charge >= 0.3 is 0 Å². The number of hydrogen-bond acceptors (Lipinski definition) is 0. The van der Waals surface area contributed by atoms with Crippen molar-refractivity contribution in [3.8, 4) is 0 Å². The van der Waals surface area contributed by atoms with Crippen molar-refractivity contribution in [2.45, 2.75) is 20.8 Å². The Morgan fingerprint density at radius 2 is 1.92 bits per heavy atom. The maximum atomic E-state index is 5.74. The summed E-state index contributed by atoms with van der Waals surface area (Å²) in [4.78, 5) is 0. The summed E-state index contributed by atoms with van der Waals surface area (Å²) in [6.07, 6.45) is 0. The van der Waals surface area contributed by atoms with Crippen molar-refractivity contribution in [2.24, 2.45) is 0 Å². The minimum absolute atomic E-state index is 0.614. The fourth-order valence-corrected chi connectivity index (χ4v) is 1.24. The van der Waals surface area contributed by atoms with Crippen molar-refractivity contribution in [3.63, 3.8) is 0 Å². The third-order valence-electron chi connectivity index (χ3n) is 2.20. The molecule has 0 fully saturated rings. The van der Waals surface area contributed by atoms with Gasteiger partial charge in [0.05, 0.1) is 0 Å². The van der Waals surface area contributed by atoms with Crippen LogP contribution in [0.15, 0.2) is 18.2 Å². The van der Waals surface area contributed by atoms with Crippen molar-refractivity contribution in [1.82, 2.24) is 0 Å². The van der Waals surface area contributed by atoms with E-state index < -0.39 is 0 Å². The number of halogens is 1. The first-order chi connectivity index (χ1) is 5.65. The Labute approximate surface area is 79.6 Å². The molecule has 0 bridgehead atoms. The van der Waals surface area contributed by atoms with Crippen LogP contribution in [0.4, 0.5) is 0 Å². The molecule has 0 atom stereocenters. The van der Waals surface area contributed by atoms with E-state index in [4.69, 9.17) is 11.6 Å². The van der Waals surface area contributed by atoms with Crippen molar-refractivity contribution in [2.75, 3.05) is 5.88 Å². The van der Waals surface area contributed by atoms with E-state index >= 15 is 0 Å². The van der Waals surface area contributed by atoms with Crippen LogP contribution in [0.3, 0.4) is 0 Å². The number of aryl methyl sites for hydroxylation is 2. The van der Waals surface area contributed by atoms with Gasteiger partial charge in [0.25, 0.3) is 0 Å². The molecule has 0 aromatic heterocycles. The van der Waals surface area contributed by atoms with Gasteiger partial charge in [-0.2, -0.15) is 0 Å². The second kappa shape index (κ2) is 3.95. The van der Waals surface area contributed by atoms with E-state index in [0.717, 1.165) is 0 Å². The molecule has 0 aliphatic rings. The first kappa shape index (κ1) is 9.60. The Bertz CT molecular complexity index is 266. The molecule has 1 heteroatoms. The minimum Gasteiger partial charge on any atom is -0.126 e. The fraction of sp³-hybridized carbons (Fsp3) is 0.364. The predicted octanol–water partition coefficient (Wildman–Crippen LogP) is 3.48. The van der Waals surface area contributed by atoms with E-state index in [2.05, 4.69) is 39.0 Å². The van der Waals surface area contributed by atoms with Gasteiger partial charge in [-0.1, -0.05) is 25.1 Å². The number of alkyl halides is 1. The van der Waals surface area contributed by atoms with Crippen molar-refractivity contribution >= 4 is 11.6 Å². The smallest absolute Gasteiger partial charge is 0.0326 e. The van der Waals surface area contributed by atoms with Gasteiger partial charge in [-0.05, 0) is 30.5 Å². The Morgan fingerprint density at radius 1 is 1.25 bits per heavy atom. The first-order valence-corrected chi connectivity index (χ1v) is 4.64. The molecule has 0 aliphatic heterocycles. The molecule has 0 N–H and O–H groups in total. The Balaban J connectivity index is 2.96. The van der Waals surface area contributed by atoms with Gasteiger partial charge in [0.15, 0.2) is 0 Å². The first-order valence-electron chi connectivity index (χ1n) is 4.11. The van der Waals surface area contributed by atoms with Crippen LogP contribution >= 0.6 is 11.6 Å². The average Bonchev–Trinajstić information content (AvgIpc) is 2.08. The molecule has 0 nitrogen and oxygen atoms in total. The van der Waals surface area contributed by atoms with Crippen LogP contribution in [0.1, 0.15) is 23.6 Å². The molecule has 1 radical (unpaired) electrons. The van der Waals surface area contributed by atoms with E-state index in [-0.39, 0.29) is 0 Å². The quantitative estimate of drug-likeness (QED) is 0.613. The van der Waals surface area contributed by atoms with E-state index in [1.807, 2.05) is 0 Å². The summed E-state index contributed by atoms with van der Waals surface area (Å²) < 4.78 is 0. The summed E-state index contributed by atoms with van der Waals surface area (Å²) in [6.45, 7) is 6.31. The number of hydrogen-bond donors (Lipinski definition) is 0. The zero-order valence-corrected chi connectivity index (χ0v) is 8.57. The zero-order valence-electron chi connectivity index (χ0n) is 7.82. The van der Waals surface area contributed by atoms with Crippen LogP contribution in [0.2, 0.25) is 0 Å². The second-order valence-corrected chi connectivity index (χ2v) is 3.48. The van der Waals surface area contributed by atoms with Gasteiger partial charge in [-0.15, -0.1) is 11.6 Å². The Hall–Kier alpha value is -0.490. The van der Waals surface area contributed by atoms with Crippen LogP contribution in [-0.2, 0) is 0 Å². The van der Waals surface area contributed by atoms with Gasteiger partial charge < -0.3 is 0 Å². The summed E-state index contributed by atoms with van der Waals surface area (Å²) >= 11 is 5.74. The molecule has 0 saturated heterocycles. The van der Waals surface area contributed by atoms with Crippen LogP contribution < -0.4 is 0 Å². The average molecular weight is 182 g/mol. The van der Waals surface area contributed by atoms with Crippen LogP contribution in [0.25, 0.3) is 0 Å². The number of benzene rings is 1. The van der Waals surface area contributed by atoms with Crippen molar-refractivity contribution in [3.05, 3.63) is 40.8 Å². The molecule has 1 aromatic carbocycles. The summed E-state index contributed by atoms with van der Waals surface area (Å²) in [7, 11) is 0. The van der Waals surface area contributed by atoms with Gasteiger partial charge in [-0.25, -0.2) is 0 Å². The lowest BCUT2D eigenvalue weighted by Gasteiger charge is -2.09. The third kappa shape index (κ3) is 2.01. The van der Waals surface area contributed by atoms with E-state index in [9.17, 15) is 0 Å². The maximum absolute atomic E-state index is 5.74. The molecule has 65 valence electrons. The largest absolute Gasteiger partial charge is 0.126 e. The summed E-state index contributed by atoms with van der Waals surface area (Å²) in [5.41, 5.74) is 3.92. The Kier molecular flexibility index (Phi) is 3.16. The normalized spacial score (nSPS) is 10.8. The lowest BCUT2D eigenvalue weighted by molar-refractivity contribution is 1.14. The predicted molar refractivity (Wildman–Crippen MR) is 54.7 cm³/mol. The number of rotatable bonds is 2. The third-order valence-corrected chi connectivity index (χ3v) is 2.60. The van der Waals surface area contributed by atoms with Crippen LogP contribution in [-0.4, -0.2) is 5.88 Å². The molecule has 0 heterocycles. The topological polar surface area (TPSA) is 0 Å². The second-order valence-electron chi connectivity index (χ2n) is 3.21. The monoisotopic (exact) mass is 181 g/mol. The van der Waals surface area contributed by atoms with E-state index in [1.54, 1.807) is 0 Å². The van der Waals surface area contributed by atoms with Crippen molar-refractivity contribution < 1.29 is 0 Å². The minimum atomic E-state index is 0.614. The maximum Gasteiger partial charge on any atom is 0.0326 e. The molecule has 1 aromatic rings. The summed E-state index contributed by atoms with van der Waals surface area (Å²) in [5.74, 6) is 1.85. The van der Waals surface area contributed by atoms with Crippen LogP contribution in [0.5, 0.6) is 0 Å². The molecule has 12 heavy (non-hydrogen) atoms. The molecular weight excluding hydrogens is 168 g/mol. The fourth-order valence-electron chi connectivity index (χ4n) is 1.08. The standard InChI is InChI=1S/C11H14Cl/c1-8-4-5-11(6-9(8)2)10(3)7-12/h4-6H,7H2,1-3H3. The SMILES string of the molecule is C[C](CCl)c1ccc(C)c(C)c1. The van der Waals surface area contributed by atoms with Gasteiger partial charge in [0.1, 0.15) is 0 Å². The molecule has 0 aliphatic carbocycles. The van der Waals surface area contributed by atoms with Crippen molar-refractivity contribution in [1.29, 1.82) is 0 Å². The summed E-state index contributed by atoms with van der Waals surface area (Å²) in [6, 6.07) is 6.45. The van der Waals surface area contributed by atoms with Gasteiger partial charge in [0, 0.05) is 11.8 Å². The van der Waals surface area contributed by atoms with Gasteiger partial charge in [-0.3, -0.25) is 0 Å². The zero-order chi connectivity index (χ0) is 9.14. The molecule has 0 spiro atoms. The molecule has 0 amide bonds. The van der Waals surface area contributed by atoms with E-state index in [0.29, 0.717) is 5.88 Å². The van der Waals surface area contributed by atoms with E-state index in [1.165, 1.54) is 22.6 Å². The lowest BCUT2D eigenvalue weighted by atomic mass is 9.98. The highest BCUT2D eigenvalue weighted by atomic mass is 35.5. The molecular formula is C11H14Cl. The molecule has 0 unspecified atom stereocenters. The summed E-state index contributed by atoms with van der Waals surface area (Å²) in [5, 5.41) is 0. The van der Waals surface area contributed by atoms with Crippen LogP contribution in [0, 0.1) is 19.8 Å². The molecule has 1 rings (SSSR count). The molecule has 0 saturated carbocycles. The highest BCUT2D eigenvalue weighted by molar-refractivity contribution is 6.19. The highest BCUT2D eigenvalue weighted by Crippen LogP contribution is 2.18. The lowest BCUT2D eigenvalue weighted by Crippen LogP contribution is -1.96.